The van der Waals surface area contributed by atoms with Crippen molar-refractivity contribution >= 4 is 5.78 Å². The Morgan fingerprint density at radius 3 is 2.52 bits per heavy atom. The van der Waals surface area contributed by atoms with E-state index in [9.17, 15) is 4.79 Å². The number of carbonyl (C=O) groups is 1. The lowest BCUT2D eigenvalue weighted by Gasteiger charge is -2.02. The second kappa shape index (κ2) is 12.5. The van der Waals surface area contributed by atoms with Crippen LogP contribution < -0.4 is 0 Å². The average Bonchev–Trinajstić information content (AvgIpc) is 2.59. The third-order valence-electron chi connectivity index (χ3n) is 3.02. The molecule has 0 spiro atoms. The molecule has 0 amide bonds. The summed E-state index contributed by atoms with van der Waals surface area (Å²) in [6.45, 7) is 6.34. The molecule has 0 saturated heterocycles. The molecule has 1 aromatic rings. The van der Waals surface area contributed by atoms with Crippen molar-refractivity contribution in [2.75, 3.05) is 26.4 Å². The molecule has 23 heavy (non-hydrogen) atoms. The van der Waals surface area contributed by atoms with Crippen molar-refractivity contribution in [2.45, 2.75) is 26.7 Å². The van der Waals surface area contributed by atoms with Gasteiger partial charge in [0.15, 0.2) is 5.78 Å². The minimum absolute atomic E-state index is 0.0498. The van der Waals surface area contributed by atoms with Crippen LogP contribution in [0.1, 0.15) is 37.0 Å². The van der Waals surface area contributed by atoms with Crippen LogP contribution in [0.5, 0.6) is 0 Å². The molecule has 1 aromatic carbocycles. The van der Waals surface area contributed by atoms with E-state index in [0.717, 1.165) is 0 Å². The first-order valence-corrected chi connectivity index (χ1v) is 7.94. The van der Waals surface area contributed by atoms with Gasteiger partial charge in [0.25, 0.3) is 0 Å². The number of ketones is 1. The van der Waals surface area contributed by atoms with Gasteiger partial charge in [0, 0.05) is 18.6 Å². The van der Waals surface area contributed by atoms with E-state index in [1.54, 1.807) is 0 Å². The van der Waals surface area contributed by atoms with E-state index in [2.05, 4.69) is 23.7 Å². The van der Waals surface area contributed by atoms with E-state index < -0.39 is 0 Å². The first-order valence-electron chi connectivity index (χ1n) is 7.94. The maximum absolute atomic E-state index is 12.1. The quantitative estimate of drug-likeness (QED) is 0.419. The summed E-state index contributed by atoms with van der Waals surface area (Å²) in [7, 11) is 0. The van der Waals surface area contributed by atoms with Crippen LogP contribution >= 0.6 is 0 Å². The normalized spacial score (nSPS) is 10.9. The van der Waals surface area contributed by atoms with Gasteiger partial charge in [-0.2, -0.15) is 0 Å². The van der Waals surface area contributed by atoms with Crippen LogP contribution in [0.15, 0.2) is 30.3 Å². The number of hydrogen-bond donors (Lipinski definition) is 0. The van der Waals surface area contributed by atoms with Gasteiger partial charge in [-0.15, -0.1) is 0 Å². The fourth-order valence-electron chi connectivity index (χ4n) is 1.80. The molecule has 0 bridgehead atoms. The molecule has 0 heterocycles. The van der Waals surface area contributed by atoms with Crippen LogP contribution in [-0.4, -0.2) is 32.2 Å². The summed E-state index contributed by atoms with van der Waals surface area (Å²) in [5, 5.41) is 0. The van der Waals surface area contributed by atoms with Crippen molar-refractivity contribution in [1.29, 1.82) is 0 Å². The third kappa shape index (κ3) is 8.83. The standard InChI is InChI=1S/C20H24O3/c1-3-22-16-17-23-15-11-6-4-5-8-12-18(2)20(21)19-13-9-7-10-14-19/h7,9-10,13-14,18H,3,5,11,15-17H2,1-2H3. The summed E-state index contributed by atoms with van der Waals surface area (Å²) in [4.78, 5) is 12.1. The lowest BCUT2D eigenvalue weighted by molar-refractivity contribution is 0.0552. The minimum atomic E-state index is -0.305. The summed E-state index contributed by atoms with van der Waals surface area (Å²) in [6.07, 6.45) is 1.16. The predicted octanol–water partition coefficient (Wildman–Crippen LogP) is 3.35. The Kier molecular flexibility index (Phi) is 10.3. The summed E-state index contributed by atoms with van der Waals surface area (Å²) < 4.78 is 10.5. The van der Waals surface area contributed by atoms with E-state index in [4.69, 9.17) is 9.47 Å². The maximum Gasteiger partial charge on any atom is 0.177 e. The summed E-state index contributed by atoms with van der Waals surface area (Å²) in [5.74, 6) is 11.6. The van der Waals surface area contributed by atoms with Crippen LogP contribution in [0.4, 0.5) is 0 Å². The summed E-state index contributed by atoms with van der Waals surface area (Å²) >= 11 is 0. The van der Waals surface area contributed by atoms with Crippen LogP contribution in [-0.2, 0) is 9.47 Å². The molecule has 0 radical (unpaired) electrons. The Morgan fingerprint density at radius 1 is 1.04 bits per heavy atom. The number of benzene rings is 1. The molecule has 1 unspecified atom stereocenters. The van der Waals surface area contributed by atoms with Crippen molar-refractivity contribution in [3.63, 3.8) is 0 Å². The second-order valence-electron chi connectivity index (χ2n) is 4.86. The Labute approximate surface area is 139 Å². The monoisotopic (exact) mass is 312 g/mol. The fourth-order valence-corrected chi connectivity index (χ4v) is 1.80. The van der Waals surface area contributed by atoms with Crippen LogP contribution in [0.25, 0.3) is 0 Å². The van der Waals surface area contributed by atoms with Gasteiger partial charge in [-0.05, 0) is 13.8 Å². The topological polar surface area (TPSA) is 35.5 Å². The molecule has 3 nitrogen and oxygen atoms in total. The number of ether oxygens (including phenoxy) is 2. The first kappa shape index (κ1) is 19.0. The third-order valence-corrected chi connectivity index (χ3v) is 3.02. The van der Waals surface area contributed by atoms with Gasteiger partial charge in [-0.3, -0.25) is 4.79 Å². The van der Waals surface area contributed by atoms with E-state index in [1.165, 1.54) is 0 Å². The average molecular weight is 312 g/mol. The zero-order chi connectivity index (χ0) is 16.8. The van der Waals surface area contributed by atoms with Gasteiger partial charge in [-0.25, -0.2) is 0 Å². The zero-order valence-electron chi connectivity index (χ0n) is 13.9. The highest BCUT2D eigenvalue weighted by Crippen LogP contribution is 2.07. The maximum atomic E-state index is 12.1. The highest BCUT2D eigenvalue weighted by molar-refractivity contribution is 5.99. The molecule has 0 aromatic heterocycles. The minimum Gasteiger partial charge on any atom is -0.379 e. The van der Waals surface area contributed by atoms with E-state index in [1.807, 2.05) is 44.2 Å². The molecule has 3 heteroatoms. The first-order chi connectivity index (χ1) is 11.3. The molecule has 0 aliphatic heterocycles. The van der Waals surface area contributed by atoms with Gasteiger partial charge in [-0.1, -0.05) is 54.0 Å². The van der Waals surface area contributed by atoms with Gasteiger partial charge in [0.1, 0.15) is 0 Å². The van der Waals surface area contributed by atoms with Gasteiger partial charge >= 0.3 is 0 Å². The SMILES string of the molecule is CCOCCOCCC#CCC#CC(C)C(=O)c1ccccc1. The molecule has 1 atom stereocenters. The number of hydrogen-bond acceptors (Lipinski definition) is 3. The number of Topliss-reactive ketones (excluding diaryl/α,β-unsaturated/α-hetero) is 1. The Bertz CT molecular complexity index is 570. The predicted molar refractivity (Wildman–Crippen MR) is 92.0 cm³/mol. The highest BCUT2D eigenvalue weighted by atomic mass is 16.5. The lowest BCUT2D eigenvalue weighted by atomic mass is 10.00. The van der Waals surface area contributed by atoms with Crippen LogP contribution in [0.2, 0.25) is 0 Å². The number of carbonyl (C=O) groups excluding carboxylic acids is 1. The smallest absolute Gasteiger partial charge is 0.177 e. The summed E-state index contributed by atoms with van der Waals surface area (Å²) in [5.41, 5.74) is 0.699. The van der Waals surface area contributed by atoms with Gasteiger partial charge < -0.3 is 9.47 Å². The Morgan fingerprint density at radius 2 is 1.78 bits per heavy atom. The zero-order valence-corrected chi connectivity index (χ0v) is 13.9. The summed E-state index contributed by atoms with van der Waals surface area (Å²) in [6, 6.07) is 9.23. The molecule has 0 fully saturated rings. The highest BCUT2D eigenvalue weighted by Gasteiger charge is 2.11. The molecule has 0 N–H and O–H groups in total. The van der Waals surface area contributed by atoms with Crippen molar-refractivity contribution in [1.82, 2.24) is 0 Å². The Balaban J connectivity index is 2.20. The second-order valence-corrected chi connectivity index (χ2v) is 4.86. The molecule has 0 aliphatic rings. The molecular formula is C20H24O3. The van der Waals surface area contributed by atoms with Gasteiger partial charge in [0.05, 0.1) is 32.2 Å². The van der Waals surface area contributed by atoms with E-state index in [0.29, 0.717) is 44.8 Å². The van der Waals surface area contributed by atoms with Crippen molar-refractivity contribution in [3.8, 4) is 23.7 Å². The molecule has 0 saturated carbocycles. The Hall–Kier alpha value is -2.07. The van der Waals surface area contributed by atoms with Gasteiger partial charge in [0.2, 0.25) is 0 Å². The largest absolute Gasteiger partial charge is 0.379 e. The van der Waals surface area contributed by atoms with E-state index in [-0.39, 0.29) is 11.7 Å². The molecule has 122 valence electrons. The lowest BCUT2D eigenvalue weighted by Crippen LogP contribution is -2.08. The number of rotatable bonds is 8. The van der Waals surface area contributed by atoms with Crippen molar-refractivity contribution in [3.05, 3.63) is 35.9 Å². The van der Waals surface area contributed by atoms with Crippen molar-refractivity contribution in [2.24, 2.45) is 5.92 Å². The van der Waals surface area contributed by atoms with Crippen molar-refractivity contribution < 1.29 is 14.3 Å². The fraction of sp³-hybridized carbons (Fsp3) is 0.450. The van der Waals surface area contributed by atoms with Crippen LogP contribution in [0, 0.1) is 29.6 Å². The molecule has 0 aliphatic carbocycles. The molecular weight excluding hydrogens is 288 g/mol. The molecule has 1 rings (SSSR count). The van der Waals surface area contributed by atoms with Crippen LogP contribution in [0.3, 0.4) is 0 Å². The van der Waals surface area contributed by atoms with E-state index >= 15 is 0 Å².